The maximum Gasteiger partial charge on any atom is 0.258 e. The van der Waals surface area contributed by atoms with Crippen molar-refractivity contribution in [2.45, 2.75) is 11.8 Å². The Balaban J connectivity index is 1.58. The van der Waals surface area contributed by atoms with E-state index in [0.717, 1.165) is 5.56 Å². The van der Waals surface area contributed by atoms with Gasteiger partial charge in [-0.05, 0) is 25.1 Å². The molecule has 0 bridgehead atoms. The van der Waals surface area contributed by atoms with Crippen molar-refractivity contribution in [2.24, 2.45) is 0 Å². The third kappa shape index (κ3) is 5.19. The van der Waals surface area contributed by atoms with Crippen LogP contribution in [0.15, 0.2) is 65.8 Å². The first-order chi connectivity index (χ1) is 16.0. The number of ether oxygens (including phenoxy) is 2. The van der Waals surface area contributed by atoms with Crippen molar-refractivity contribution in [1.82, 2.24) is 14.3 Å². The van der Waals surface area contributed by atoms with Gasteiger partial charge in [0.2, 0.25) is 10.0 Å². The first-order valence-corrected chi connectivity index (χ1v) is 12.0. The molecule has 1 aliphatic rings. The van der Waals surface area contributed by atoms with Crippen LogP contribution < -0.4 is 10.1 Å². The minimum Gasteiger partial charge on any atom is -0.492 e. The predicted octanol–water partition coefficient (Wildman–Crippen LogP) is 2.82. The summed E-state index contributed by atoms with van der Waals surface area (Å²) in [7, 11) is -3.73. The molecule has 2 aromatic carbocycles. The van der Waals surface area contributed by atoms with Crippen LogP contribution >= 0.6 is 0 Å². The highest BCUT2D eigenvalue weighted by atomic mass is 32.2. The Morgan fingerprint density at radius 3 is 2.45 bits per heavy atom. The van der Waals surface area contributed by atoms with Crippen molar-refractivity contribution >= 4 is 21.6 Å². The molecule has 0 spiro atoms. The Morgan fingerprint density at radius 2 is 1.79 bits per heavy atom. The maximum absolute atomic E-state index is 13.0. The molecule has 3 aromatic rings. The smallest absolute Gasteiger partial charge is 0.258 e. The fourth-order valence-corrected chi connectivity index (χ4v) is 4.80. The van der Waals surface area contributed by atoms with Crippen molar-refractivity contribution in [1.29, 1.82) is 0 Å². The topological polar surface area (TPSA) is 111 Å². The number of rotatable bonds is 7. The second-order valence-electron chi connectivity index (χ2n) is 7.22. The van der Waals surface area contributed by atoms with E-state index in [4.69, 9.17) is 9.47 Å². The van der Waals surface area contributed by atoms with Crippen LogP contribution in [0.3, 0.4) is 0 Å². The zero-order valence-electron chi connectivity index (χ0n) is 18.1. The molecule has 0 saturated carbocycles. The second kappa shape index (κ2) is 10.1. The van der Waals surface area contributed by atoms with Crippen LogP contribution in [0.25, 0.3) is 11.4 Å². The van der Waals surface area contributed by atoms with Gasteiger partial charge in [0.05, 0.1) is 36.0 Å². The van der Waals surface area contributed by atoms with E-state index in [9.17, 15) is 13.2 Å². The number of aromatic nitrogens is 2. The van der Waals surface area contributed by atoms with E-state index in [2.05, 4.69) is 15.3 Å². The quantitative estimate of drug-likeness (QED) is 0.568. The van der Waals surface area contributed by atoms with Crippen LogP contribution in [-0.4, -0.2) is 61.5 Å². The van der Waals surface area contributed by atoms with E-state index in [0.29, 0.717) is 31.4 Å². The number of amides is 1. The maximum atomic E-state index is 13.0. The monoisotopic (exact) mass is 468 g/mol. The number of carbonyl (C=O) groups excluding carboxylic acids is 1. The average molecular weight is 469 g/mol. The van der Waals surface area contributed by atoms with Gasteiger partial charge in [-0.15, -0.1) is 0 Å². The Bertz CT molecular complexity index is 1210. The van der Waals surface area contributed by atoms with Gasteiger partial charge in [0, 0.05) is 31.0 Å². The zero-order valence-corrected chi connectivity index (χ0v) is 18.9. The predicted molar refractivity (Wildman–Crippen MR) is 123 cm³/mol. The third-order valence-corrected chi connectivity index (χ3v) is 6.95. The van der Waals surface area contributed by atoms with Crippen molar-refractivity contribution < 1.29 is 22.7 Å². The number of carbonyl (C=O) groups is 1. The lowest BCUT2D eigenvalue weighted by Gasteiger charge is -2.26. The molecule has 0 radical (unpaired) electrons. The van der Waals surface area contributed by atoms with Gasteiger partial charge in [0.15, 0.2) is 5.82 Å². The summed E-state index contributed by atoms with van der Waals surface area (Å²) in [5, 5.41) is 2.73. The number of anilines is 1. The van der Waals surface area contributed by atoms with E-state index in [1.165, 1.54) is 28.8 Å². The molecule has 1 aromatic heterocycles. The highest BCUT2D eigenvalue weighted by molar-refractivity contribution is 7.89. The molecule has 10 heteroatoms. The summed E-state index contributed by atoms with van der Waals surface area (Å²) in [5.41, 5.74) is 1.33. The summed E-state index contributed by atoms with van der Waals surface area (Å²) < 4.78 is 38.3. The van der Waals surface area contributed by atoms with Crippen LogP contribution in [-0.2, 0) is 14.8 Å². The summed E-state index contributed by atoms with van der Waals surface area (Å²) in [5.74, 6) is 0.394. The summed E-state index contributed by atoms with van der Waals surface area (Å²) in [6.45, 7) is 3.41. The van der Waals surface area contributed by atoms with Gasteiger partial charge in [-0.2, -0.15) is 4.31 Å². The average Bonchev–Trinajstić information content (AvgIpc) is 2.86. The molecule has 4 rings (SSSR count). The summed E-state index contributed by atoms with van der Waals surface area (Å²) >= 11 is 0. The Labute approximate surface area is 192 Å². The molecular weight excluding hydrogens is 444 g/mol. The van der Waals surface area contributed by atoms with E-state index < -0.39 is 15.9 Å². The molecule has 1 N–H and O–H groups in total. The van der Waals surface area contributed by atoms with E-state index in [1.807, 2.05) is 30.3 Å². The van der Waals surface area contributed by atoms with E-state index in [1.54, 1.807) is 13.0 Å². The summed E-state index contributed by atoms with van der Waals surface area (Å²) in [6, 6.07) is 13.8. The lowest BCUT2D eigenvalue weighted by molar-refractivity contribution is 0.0730. The summed E-state index contributed by atoms with van der Waals surface area (Å²) in [6.07, 6.45) is 2.86. The summed E-state index contributed by atoms with van der Waals surface area (Å²) in [4.78, 5) is 21.5. The fraction of sp³-hybridized carbons (Fsp3) is 0.261. The van der Waals surface area contributed by atoms with Gasteiger partial charge in [0.1, 0.15) is 5.75 Å². The largest absolute Gasteiger partial charge is 0.492 e. The Kier molecular flexibility index (Phi) is 6.97. The van der Waals surface area contributed by atoms with Gasteiger partial charge in [-0.1, -0.05) is 30.3 Å². The Morgan fingerprint density at radius 1 is 1.09 bits per heavy atom. The molecule has 0 unspecified atom stereocenters. The SMILES string of the molecule is CCOc1ccc(S(=O)(=O)N2CCOCC2)cc1NC(=O)c1cnc(-c2ccccc2)nc1. The standard InChI is InChI=1S/C23H24N4O5S/c1-2-32-21-9-8-19(33(29,30)27-10-12-31-13-11-27)14-20(21)26-23(28)18-15-24-22(25-16-18)17-6-4-3-5-7-17/h3-9,14-16H,2,10-13H2,1H3,(H,26,28). The van der Waals surface area contributed by atoms with Crippen LogP contribution in [0.2, 0.25) is 0 Å². The van der Waals surface area contributed by atoms with E-state index >= 15 is 0 Å². The first kappa shape index (κ1) is 22.8. The lowest BCUT2D eigenvalue weighted by atomic mass is 10.2. The zero-order chi connectivity index (χ0) is 23.3. The van der Waals surface area contributed by atoms with Crippen LogP contribution in [0, 0.1) is 0 Å². The number of nitrogens with one attached hydrogen (secondary N) is 1. The first-order valence-electron chi connectivity index (χ1n) is 10.5. The van der Waals surface area contributed by atoms with Gasteiger partial charge in [0.25, 0.3) is 5.91 Å². The molecule has 1 fully saturated rings. The molecule has 9 nitrogen and oxygen atoms in total. The fourth-order valence-electron chi connectivity index (χ4n) is 3.36. The van der Waals surface area contributed by atoms with Gasteiger partial charge >= 0.3 is 0 Å². The molecule has 0 atom stereocenters. The van der Waals surface area contributed by atoms with Gasteiger partial charge in [-0.25, -0.2) is 18.4 Å². The number of benzene rings is 2. The number of hydrogen-bond acceptors (Lipinski definition) is 7. The normalized spacial score (nSPS) is 14.6. The van der Waals surface area contributed by atoms with E-state index in [-0.39, 0.29) is 29.2 Å². The molecule has 33 heavy (non-hydrogen) atoms. The second-order valence-corrected chi connectivity index (χ2v) is 9.16. The molecular formula is C23H24N4O5S. The molecule has 1 aliphatic heterocycles. The van der Waals surface area contributed by atoms with Crippen molar-refractivity contribution in [3.05, 3.63) is 66.5 Å². The van der Waals surface area contributed by atoms with Crippen molar-refractivity contribution in [3.63, 3.8) is 0 Å². The van der Waals surface area contributed by atoms with Crippen molar-refractivity contribution in [2.75, 3.05) is 38.2 Å². The lowest BCUT2D eigenvalue weighted by Crippen LogP contribution is -2.40. The van der Waals surface area contributed by atoms with Crippen LogP contribution in [0.1, 0.15) is 17.3 Å². The number of nitrogens with zero attached hydrogens (tertiary/aromatic N) is 3. The molecule has 1 saturated heterocycles. The highest BCUT2D eigenvalue weighted by Crippen LogP contribution is 2.30. The highest BCUT2D eigenvalue weighted by Gasteiger charge is 2.27. The van der Waals surface area contributed by atoms with Crippen molar-refractivity contribution in [3.8, 4) is 17.1 Å². The minimum atomic E-state index is -3.73. The number of morpholine rings is 1. The Hall–Kier alpha value is -3.34. The molecule has 0 aliphatic carbocycles. The van der Waals surface area contributed by atoms with Gasteiger partial charge < -0.3 is 14.8 Å². The van der Waals surface area contributed by atoms with Crippen LogP contribution in [0.5, 0.6) is 5.75 Å². The molecule has 1 amide bonds. The number of sulfonamides is 1. The number of hydrogen-bond donors (Lipinski definition) is 1. The van der Waals surface area contributed by atoms with Crippen LogP contribution in [0.4, 0.5) is 5.69 Å². The van der Waals surface area contributed by atoms with Gasteiger partial charge in [-0.3, -0.25) is 4.79 Å². The minimum absolute atomic E-state index is 0.0684. The molecule has 172 valence electrons. The molecule has 2 heterocycles. The third-order valence-electron chi connectivity index (χ3n) is 5.05.